The second kappa shape index (κ2) is 10.8. The number of piperazine rings is 1. The molecule has 0 radical (unpaired) electrons. The summed E-state index contributed by atoms with van der Waals surface area (Å²) in [5.41, 5.74) is -0.494. The second-order valence-corrected chi connectivity index (χ2v) is 8.63. The summed E-state index contributed by atoms with van der Waals surface area (Å²) in [6.45, 7) is 10.4. The Morgan fingerprint density at radius 3 is 2.55 bits per heavy atom. The van der Waals surface area contributed by atoms with Gasteiger partial charge in [-0.3, -0.25) is 19.4 Å². The smallest absolute Gasteiger partial charge is 0.407 e. The molecule has 3 fully saturated rings. The second-order valence-electron chi connectivity index (χ2n) is 8.63. The molecule has 29 heavy (non-hydrogen) atoms. The number of carbonyl (C=O) groups excluding carboxylic acids is 3. The number of fused-ring (bicyclic) bond motifs is 1. The molecule has 2 amide bonds. The standard InChI is InChI=1S/C13H24N2O4.C7H12N2O/c1-13(2,3)19-12(17)14-7-9-15-8-5-6-10(15)11(16)18-4;10-7-6-2-1-4-9(6)5-3-8-7/h10H,5-9H2,1-4H3,(H,14,17);6H,1-5H2,(H,8,10)/t10-;6-/m00/s1. The fourth-order valence-electron chi connectivity index (χ4n) is 3.94. The number of hydrogen-bond acceptors (Lipinski definition) is 7. The largest absolute Gasteiger partial charge is 0.468 e. The lowest BCUT2D eigenvalue weighted by Crippen LogP contribution is -2.51. The highest BCUT2D eigenvalue weighted by Gasteiger charge is 2.33. The minimum atomic E-state index is -0.494. The number of ether oxygens (including phenoxy) is 2. The molecule has 2 atom stereocenters. The van der Waals surface area contributed by atoms with Crippen molar-refractivity contribution in [2.45, 2.75) is 64.1 Å². The average Bonchev–Trinajstić information content (AvgIpc) is 3.30. The molecule has 0 spiro atoms. The minimum absolute atomic E-state index is 0.176. The first-order chi connectivity index (χ1) is 13.7. The number of carbonyl (C=O) groups is 3. The van der Waals surface area contributed by atoms with E-state index in [2.05, 4.69) is 15.5 Å². The zero-order valence-electron chi connectivity index (χ0n) is 18.2. The first-order valence-electron chi connectivity index (χ1n) is 10.5. The van der Waals surface area contributed by atoms with Gasteiger partial charge in [-0.05, 0) is 59.5 Å². The highest BCUT2D eigenvalue weighted by Crippen LogP contribution is 2.18. The first-order valence-corrected chi connectivity index (χ1v) is 10.5. The maximum absolute atomic E-state index is 11.5. The van der Waals surface area contributed by atoms with Crippen molar-refractivity contribution in [2.75, 3.05) is 46.4 Å². The molecule has 0 aliphatic carbocycles. The third-order valence-corrected chi connectivity index (χ3v) is 5.27. The Morgan fingerprint density at radius 2 is 1.90 bits per heavy atom. The zero-order valence-corrected chi connectivity index (χ0v) is 18.2. The Morgan fingerprint density at radius 1 is 1.17 bits per heavy atom. The van der Waals surface area contributed by atoms with Crippen LogP contribution >= 0.6 is 0 Å². The Kier molecular flexibility index (Phi) is 8.70. The van der Waals surface area contributed by atoms with Crippen molar-refractivity contribution in [1.82, 2.24) is 20.4 Å². The van der Waals surface area contributed by atoms with Crippen LogP contribution in [0.4, 0.5) is 4.79 Å². The van der Waals surface area contributed by atoms with E-state index < -0.39 is 11.7 Å². The molecule has 0 aromatic rings. The summed E-state index contributed by atoms with van der Waals surface area (Å²) in [5.74, 6) is 0.0403. The summed E-state index contributed by atoms with van der Waals surface area (Å²) in [6, 6.07) is 0.0409. The fraction of sp³-hybridized carbons (Fsp3) is 0.850. The fourth-order valence-corrected chi connectivity index (χ4v) is 3.94. The normalized spacial score (nSPS) is 24.8. The number of esters is 1. The number of nitrogens with zero attached hydrogens (tertiary/aromatic N) is 2. The molecule has 3 saturated heterocycles. The van der Waals surface area contributed by atoms with Gasteiger partial charge in [0.15, 0.2) is 0 Å². The monoisotopic (exact) mass is 412 g/mol. The Bertz CT molecular complexity index is 578. The van der Waals surface area contributed by atoms with Crippen molar-refractivity contribution in [2.24, 2.45) is 0 Å². The molecule has 166 valence electrons. The molecule has 0 bridgehead atoms. The molecule has 3 heterocycles. The molecular formula is C20H36N4O5. The van der Waals surface area contributed by atoms with E-state index in [0.717, 1.165) is 45.4 Å². The summed E-state index contributed by atoms with van der Waals surface area (Å²) in [6.07, 6.45) is 3.62. The molecule has 9 heteroatoms. The molecule has 0 unspecified atom stereocenters. The molecule has 3 aliphatic rings. The summed E-state index contributed by atoms with van der Waals surface area (Å²) < 4.78 is 9.90. The molecule has 2 N–H and O–H groups in total. The third-order valence-electron chi connectivity index (χ3n) is 5.27. The van der Waals surface area contributed by atoms with Crippen molar-refractivity contribution in [3.8, 4) is 0 Å². The molecule has 0 aromatic carbocycles. The molecule has 9 nitrogen and oxygen atoms in total. The van der Waals surface area contributed by atoms with Gasteiger partial charge in [-0.15, -0.1) is 0 Å². The molecule has 3 aliphatic heterocycles. The predicted molar refractivity (Wildman–Crippen MR) is 108 cm³/mol. The van der Waals surface area contributed by atoms with Crippen molar-refractivity contribution < 1.29 is 23.9 Å². The lowest BCUT2D eigenvalue weighted by atomic mass is 10.2. The van der Waals surface area contributed by atoms with Crippen LogP contribution in [0.2, 0.25) is 0 Å². The van der Waals surface area contributed by atoms with Gasteiger partial charge in [0.2, 0.25) is 5.91 Å². The Labute approximate surface area is 173 Å². The molecule has 0 saturated carbocycles. The maximum atomic E-state index is 11.5. The van der Waals surface area contributed by atoms with Crippen molar-refractivity contribution in [3.63, 3.8) is 0 Å². The van der Waals surface area contributed by atoms with Crippen LogP contribution in [0, 0.1) is 0 Å². The highest BCUT2D eigenvalue weighted by molar-refractivity contribution is 5.82. The highest BCUT2D eigenvalue weighted by atomic mass is 16.6. The Balaban J connectivity index is 0.000000248. The lowest BCUT2D eigenvalue weighted by Gasteiger charge is -2.28. The van der Waals surface area contributed by atoms with E-state index in [0.29, 0.717) is 13.1 Å². The van der Waals surface area contributed by atoms with E-state index >= 15 is 0 Å². The topological polar surface area (TPSA) is 100 Å². The zero-order chi connectivity index (χ0) is 21.4. The number of amides is 2. The van der Waals surface area contributed by atoms with Gasteiger partial charge in [0.05, 0.1) is 13.2 Å². The van der Waals surface area contributed by atoms with E-state index in [-0.39, 0.29) is 24.0 Å². The van der Waals surface area contributed by atoms with Crippen molar-refractivity contribution >= 4 is 18.0 Å². The van der Waals surface area contributed by atoms with Crippen LogP contribution in [0.15, 0.2) is 0 Å². The van der Waals surface area contributed by atoms with Gasteiger partial charge in [-0.1, -0.05) is 0 Å². The van der Waals surface area contributed by atoms with Gasteiger partial charge >= 0.3 is 12.1 Å². The van der Waals surface area contributed by atoms with Crippen LogP contribution in [0.1, 0.15) is 46.5 Å². The summed E-state index contributed by atoms with van der Waals surface area (Å²) in [5, 5.41) is 5.56. The van der Waals surface area contributed by atoms with Gasteiger partial charge in [0, 0.05) is 26.2 Å². The number of hydrogen-bond donors (Lipinski definition) is 2. The van der Waals surface area contributed by atoms with Gasteiger partial charge in [-0.2, -0.15) is 0 Å². The van der Waals surface area contributed by atoms with Crippen LogP contribution in [0.25, 0.3) is 0 Å². The van der Waals surface area contributed by atoms with Gasteiger partial charge in [0.25, 0.3) is 0 Å². The summed E-state index contributed by atoms with van der Waals surface area (Å²) >= 11 is 0. The quantitative estimate of drug-likeness (QED) is 0.657. The van der Waals surface area contributed by atoms with Gasteiger partial charge in [-0.25, -0.2) is 4.79 Å². The van der Waals surface area contributed by atoms with Crippen LogP contribution in [-0.4, -0.2) is 91.8 Å². The lowest BCUT2D eigenvalue weighted by molar-refractivity contribution is -0.145. The predicted octanol–water partition coefficient (Wildman–Crippen LogP) is 0.729. The van der Waals surface area contributed by atoms with Crippen molar-refractivity contribution in [3.05, 3.63) is 0 Å². The summed E-state index contributed by atoms with van der Waals surface area (Å²) in [4.78, 5) is 38.4. The number of methoxy groups -OCH3 is 1. The van der Waals surface area contributed by atoms with Crippen LogP contribution in [0.3, 0.4) is 0 Å². The van der Waals surface area contributed by atoms with Gasteiger partial charge < -0.3 is 20.1 Å². The number of likely N-dealkylation sites (tertiary alicyclic amines) is 1. The van der Waals surface area contributed by atoms with Crippen LogP contribution in [-0.2, 0) is 19.1 Å². The molecular weight excluding hydrogens is 376 g/mol. The average molecular weight is 413 g/mol. The van der Waals surface area contributed by atoms with E-state index in [1.54, 1.807) is 0 Å². The summed E-state index contributed by atoms with van der Waals surface area (Å²) in [7, 11) is 1.40. The van der Waals surface area contributed by atoms with E-state index in [4.69, 9.17) is 9.47 Å². The molecule has 3 rings (SSSR count). The maximum Gasteiger partial charge on any atom is 0.407 e. The van der Waals surface area contributed by atoms with E-state index in [1.807, 2.05) is 25.7 Å². The number of alkyl carbamates (subject to hydrolysis) is 1. The van der Waals surface area contributed by atoms with Crippen LogP contribution in [0.5, 0.6) is 0 Å². The Hall–Kier alpha value is -1.87. The first kappa shape index (κ1) is 23.4. The SMILES string of the molecule is COC(=O)[C@@H]1CCCN1CCNC(=O)OC(C)(C)C.O=C1NCCN2CCC[C@@H]12. The number of nitrogens with one attached hydrogen (secondary N) is 2. The van der Waals surface area contributed by atoms with E-state index in [9.17, 15) is 14.4 Å². The molecule has 0 aromatic heterocycles. The third kappa shape index (κ3) is 7.47. The van der Waals surface area contributed by atoms with Gasteiger partial charge in [0.1, 0.15) is 11.6 Å². The van der Waals surface area contributed by atoms with Crippen LogP contribution < -0.4 is 10.6 Å². The van der Waals surface area contributed by atoms with E-state index in [1.165, 1.54) is 13.5 Å². The number of rotatable bonds is 4. The van der Waals surface area contributed by atoms with Crippen molar-refractivity contribution in [1.29, 1.82) is 0 Å². The minimum Gasteiger partial charge on any atom is -0.468 e.